The van der Waals surface area contributed by atoms with Crippen LogP contribution in [0.15, 0.2) is 12.3 Å². The molecule has 0 amide bonds. The molecule has 1 aromatic heterocycles. The van der Waals surface area contributed by atoms with Gasteiger partial charge in [-0.25, -0.2) is 0 Å². The molecule has 7 heteroatoms. The zero-order chi connectivity index (χ0) is 17.5. The molecule has 3 heterocycles. The molecule has 0 radical (unpaired) electrons. The maximum absolute atomic E-state index is 9.11. The Labute approximate surface area is 149 Å². The summed E-state index contributed by atoms with van der Waals surface area (Å²) >= 11 is 0. The van der Waals surface area contributed by atoms with Gasteiger partial charge in [-0.3, -0.25) is 4.68 Å². The van der Waals surface area contributed by atoms with Crippen LogP contribution in [0, 0.1) is 5.92 Å². The fourth-order valence-corrected chi connectivity index (χ4v) is 3.91. The number of aryl methyl sites for hydroxylation is 1. The molecule has 25 heavy (non-hydrogen) atoms. The first kappa shape index (κ1) is 18.8. The van der Waals surface area contributed by atoms with E-state index in [9.17, 15) is 0 Å². The smallest absolute Gasteiger partial charge is 0.103 e. The molecule has 0 unspecified atom stereocenters. The second-order valence-electron chi connectivity index (χ2n) is 7.07. The maximum atomic E-state index is 9.11. The highest BCUT2D eigenvalue weighted by molar-refractivity contribution is 5.07. The van der Waals surface area contributed by atoms with E-state index in [4.69, 9.17) is 19.3 Å². The molecule has 3 rings (SSSR count). The second kappa shape index (κ2) is 9.09. The van der Waals surface area contributed by atoms with Crippen LogP contribution >= 0.6 is 0 Å². The van der Waals surface area contributed by atoms with E-state index >= 15 is 0 Å². The molecular weight excluding hydrogens is 322 g/mol. The fourth-order valence-electron chi connectivity index (χ4n) is 3.91. The standard InChI is InChI=1S/C18H31N3O4/c1-21-16(4-7-20-21)17-15(3-2-9-24-17)13-19-14-18(25-12-8-22)5-10-23-11-6-18/h4,7,15,17,19,22H,2-3,5-6,8-14H2,1H3/t15-,17+/m0/s1. The maximum Gasteiger partial charge on any atom is 0.103 e. The van der Waals surface area contributed by atoms with Crippen molar-refractivity contribution in [1.82, 2.24) is 15.1 Å². The average molecular weight is 353 g/mol. The molecular formula is C18H31N3O4. The van der Waals surface area contributed by atoms with Gasteiger partial charge in [0.2, 0.25) is 0 Å². The molecule has 142 valence electrons. The minimum atomic E-state index is -0.224. The van der Waals surface area contributed by atoms with E-state index in [-0.39, 0.29) is 18.3 Å². The van der Waals surface area contributed by atoms with Crippen LogP contribution in [0.1, 0.15) is 37.5 Å². The molecule has 2 fully saturated rings. The molecule has 2 aliphatic rings. The minimum absolute atomic E-state index is 0.0572. The quantitative estimate of drug-likeness (QED) is 0.727. The summed E-state index contributed by atoms with van der Waals surface area (Å²) in [5.41, 5.74) is 0.919. The van der Waals surface area contributed by atoms with Crippen molar-refractivity contribution in [3.8, 4) is 0 Å². The summed E-state index contributed by atoms with van der Waals surface area (Å²) < 4.78 is 19.4. The number of hydrogen-bond acceptors (Lipinski definition) is 6. The van der Waals surface area contributed by atoms with Crippen LogP contribution < -0.4 is 5.32 Å². The van der Waals surface area contributed by atoms with Gasteiger partial charge in [0, 0.05) is 64.9 Å². The lowest BCUT2D eigenvalue weighted by Crippen LogP contribution is -2.49. The van der Waals surface area contributed by atoms with Crippen LogP contribution in [0.3, 0.4) is 0 Å². The normalized spacial score (nSPS) is 26.6. The van der Waals surface area contributed by atoms with Gasteiger partial charge in [0.25, 0.3) is 0 Å². The molecule has 7 nitrogen and oxygen atoms in total. The minimum Gasteiger partial charge on any atom is -0.394 e. The first-order valence-corrected chi connectivity index (χ1v) is 9.37. The Morgan fingerprint density at radius 1 is 1.40 bits per heavy atom. The van der Waals surface area contributed by atoms with Crippen LogP contribution in [-0.4, -0.2) is 66.6 Å². The third-order valence-electron chi connectivity index (χ3n) is 5.35. The van der Waals surface area contributed by atoms with Crippen LogP contribution in [0.25, 0.3) is 0 Å². The van der Waals surface area contributed by atoms with Crippen molar-refractivity contribution < 1.29 is 19.3 Å². The molecule has 1 aromatic rings. The van der Waals surface area contributed by atoms with E-state index in [1.807, 2.05) is 24.0 Å². The summed E-state index contributed by atoms with van der Waals surface area (Å²) in [6, 6.07) is 2.05. The highest BCUT2D eigenvalue weighted by Gasteiger charge is 2.34. The number of aromatic nitrogens is 2. The molecule has 0 aliphatic carbocycles. The van der Waals surface area contributed by atoms with Crippen LogP contribution in [-0.2, 0) is 21.3 Å². The van der Waals surface area contributed by atoms with E-state index in [1.165, 1.54) is 0 Å². The van der Waals surface area contributed by atoms with Gasteiger partial charge in [-0.15, -0.1) is 0 Å². The number of ether oxygens (including phenoxy) is 3. The summed E-state index contributed by atoms with van der Waals surface area (Å²) in [4.78, 5) is 0. The molecule has 0 spiro atoms. The number of aliphatic hydroxyl groups excluding tert-OH is 1. The van der Waals surface area contributed by atoms with E-state index < -0.39 is 0 Å². The van der Waals surface area contributed by atoms with Crippen molar-refractivity contribution in [2.75, 3.05) is 46.1 Å². The van der Waals surface area contributed by atoms with Gasteiger partial charge in [0.05, 0.1) is 24.5 Å². The Hall–Kier alpha value is -0.990. The molecule has 2 aliphatic heterocycles. The van der Waals surface area contributed by atoms with Crippen molar-refractivity contribution in [2.24, 2.45) is 13.0 Å². The summed E-state index contributed by atoms with van der Waals surface area (Å²) in [6.45, 7) is 4.36. The van der Waals surface area contributed by atoms with Crippen molar-refractivity contribution in [3.63, 3.8) is 0 Å². The van der Waals surface area contributed by atoms with Crippen molar-refractivity contribution in [1.29, 1.82) is 0 Å². The number of nitrogens with zero attached hydrogens (tertiary/aromatic N) is 2. The molecule has 0 bridgehead atoms. The molecule has 0 aromatic carbocycles. The van der Waals surface area contributed by atoms with Gasteiger partial charge >= 0.3 is 0 Å². The largest absolute Gasteiger partial charge is 0.394 e. The molecule has 2 atom stereocenters. The SMILES string of the molecule is Cn1nccc1[C@@H]1OCCC[C@H]1CNCC1(OCCO)CCOCC1. The highest BCUT2D eigenvalue weighted by Crippen LogP contribution is 2.33. The fraction of sp³-hybridized carbons (Fsp3) is 0.833. The molecule has 2 N–H and O–H groups in total. The van der Waals surface area contributed by atoms with Gasteiger partial charge in [-0.2, -0.15) is 5.10 Å². The Kier molecular flexibility index (Phi) is 6.84. The summed E-state index contributed by atoms with van der Waals surface area (Å²) in [7, 11) is 1.97. The van der Waals surface area contributed by atoms with E-state index in [2.05, 4.69) is 10.4 Å². The van der Waals surface area contributed by atoms with Gasteiger partial charge in [-0.1, -0.05) is 0 Å². The predicted octanol–water partition coefficient (Wildman–Crippen LogP) is 1.04. The monoisotopic (exact) mass is 353 g/mol. The number of nitrogens with one attached hydrogen (secondary N) is 1. The van der Waals surface area contributed by atoms with E-state index in [0.717, 1.165) is 64.3 Å². The summed E-state index contributed by atoms with van der Waals surface area (Å²) in [5.74, 6) is 0.430. The number of aliphatic hydroxyl groups is 1. The van der Waals surface area contributed by atoms with Crippen LogP contribution in [0.4, 0.5) is 0 Å². The molecule has 0 saturated carbocycles. The van der Waals surface area contributed by atoms with E-state index in [1.54, 1.807) is 0 Å². The zero-order valence-electron chi connectivity index (χ0n) is 15.2. The predicted molar refractivity (Wildman–Crippen MR) is 93.3 cm³/mol. The number of rotatable bonds is 8. The third kappa shape index (κ3) is 4.80. The Morgan fingerprint density at radius 3 is 2.96 bits per heavy atom. The molecule has 2 saturated heterocycles. The van der Waals surface area contributed by atoms with Crippen LogP contribution in [0.2, 0.25) is 0 Å². The number of hydrogen-bond donors (Lipinski definition) is 2. The Bertz CT molecular complexity index is 516. The van der Waals surface area contributed by atoms with Gasteiger partial charge in [0.1, 0.15) is 6.10 Å². The van der Waals surface area contributed by atoms with E-state index in [0.29, 0.717) is 12.5 Å². The lowest BCUT2D eigenvalue weighted by Gasteiger charge is -2.38. The van der Waals surface area contributed by atoms with Gasteiger partial charge in [-0.05, 0) is 18.9 Å². The Morgan fingerprint density at radius 2 is 2.24 bits per heavy atom. The average Bonchev–Trinajstić information content (AvgIpc) is 3.07. The van der Waals surface area contributed by atoms with Crippen molar-refractivity contribution >= 4 is 0 Å². The first-order valence-electron chi connectivity index (χ1n) is 9.37. The zero-order valence-corrected chi connectivity index (χ0v) is 15.2. The van der Waals surface area contributed by atoms with Crippen molar-refractivity contribution in [3.05, 3.63) is 18.0 Å². The Balaban J connectivity index is 1.56. The third-order valence-corrected chi connectivity index (χ3v) is 5.35. The van der Waals surface area contributed by atoms with Gasteiger partial charge < -0.3 is 24.6 Å². The summed E-state index contributed by atoms with van der Waals surface area (Å²) in [6.07, 6.45) is 5.91. The first-order chi connectivity index (χ1) is 12.2. The second-order valence-corrected chi connectivity index (χ2v) is 7.07. The lowest BCUT2D eigenvalue weighted by atomic mass is 9.90. The van der Waals surface area contributed by atoms with Gasteiger partial charge in [0.15, 0.2) is 0 Å². The summed E-state index contributed by atoms with van der Waals surface area (Å²) in [5, 5.41) is 17.0. The topological polar surface area (TPSA) is 77.8 Å². The van der Waals surface area contributed by atoms with Crippen molar-refractivity contribution in [2.45, 2.75) is 37.4 Å². The highest BCUT2D eigenvalue weighted by atomic mass is 16.5. The van der Waals surface area contributed by atoms with Crippen LogP contribution in [0.5, 0.6) is 0 Å². The lowest BCUT2D eigenvalue weighted by molar-refractivity contribution is -0.116.